The molecule has 2 heterocycles. The third kappa shape index (κ3) is 4.28. The number of hydrogen-bond acceptors (Lipinski definition) is 4. The lowest BCUT2D eigenvalue weighted by Gasteiger charge is -2.10. The number of aromatic nitrogens is 1. The van der Waals surface area contributed by atoms with Crippen molar-refractivity contribution in [3.05, 3.63) is 69.4 Å². The molecule has 3 aromatic rings. The van der Waals surface area contributed by atoms with Crippen LogP contribution in [0.4, 0.5) is 0 Å². The van der Waals surface area contributed by atoms with Gasteiger partial charge in [-0.1, -0.05) is 25.1 Å². The summed E-state index contributed by atoms with van der Waals surface area (Å²) in [6.45, 7) is 3.65. The summed E-state index contributed by atoms with van der Waals surface area (Å²) in [6.07, 6.45) is 3.16. The first-order valence-electron chi connectivity index (χ1n) is 9.14. The molecule has 0 fully saturated rings. The predicted octanol–water partition coefficient (Wildman–Crippen LogP) is 2.72. The summed E-state index contributed by atoms with van der Waals surface area (Å²) in [4.78, 5) is 27.8. The highest BCUT2D eigenvalue weighted by atomic mass is 16.4. The van der Waals surface area contributed by atoms with Gasteiger partial charge in [0.15, 0.2) is 0 Å². The van der Waals surface area contributed by atoms with Crippen LogP contribution in [0.3, 0.4) is 0 Å². The first-order chi connectivity index (χ1) is 13.0. The fraction of sp³-hybridized carbons (Fsp3) is 0.333. The minimum atomic E-state index is -0.646. The molecule has 142 valence electrons. The van der Waals surface area contributed by atoms with Crippen LogP contribution in [0.2, 0.25) is 0 Å². The van der Waals surface area contributed by atoms with E-state index in [-0.39, 0.29) is 12.1 Å². The Bertz CT molecular complexity index is 1000. The summed E-state index contributed by atoms with van der Waals surface area (Å²) in [6, 6.07) is 9.79. The van der Waals surface area contributed by atoms with E-state index in [0.717, 1.165) is 22.9 Å². The Morgan fingerprint density at radius 2 is 2.07 bits per heavy atom. The number of nitrogens with one attached hydrogen (secondary N) is 2. The van der Waals surface area contributed by atoms with E-state index in [2.05, 4.69) is 16.4 Å². The second kappa shape index (κ2) is 8.22. The largest absolute Gasteiger partial charge is 0.427 e. The first kappa shape index (κ1) is 18.9. The quantitative estimate of drug-likeness (QED) is 0.597. The molecule has 0 aliphatic carbocycles. The molecule has 0 saturated heterocycles. The molecule has 27 heavy (non-hydrogen) atoms. The summed E-state index contributed by atoms with van der Waals surface area (Å²) in [5.74, 6) is 0.0323. The number of carbonyl (C=O) groups excluding carboxylic acids is 1. The van der Waals surface area contributed by atoms with E-state index in [1.165, 1.54) is 0 Å². The third-order valence-corrected chi connectivity index (χ3v) is 4.71. The number of fused-ring (bicyclic) bond motifs is 1. The van der Waals surface area contributed by atoms with Crippen LogP contribution in [0.5, 0.6) is 0 Å². The first-order valence-corrected chi connectivity index (χ1v) is 9.14. The number of rotatable bonds is 7. The fourth-order valence-corrected chi connectivity index (χ4v) is 3.11. The molecule has 0 saturated carbocycles. The van der Waals surface area contributed by atoms with E-state index in [1.54, 1.807) is 13.0 Å². The van der Waals surface area contributed by atoms with Crippen molar-refractivity contribution in [2.45, 2.75) is 39.2 Å². The molecular formula is C21H24N2O4. The average molecular weight is 368 g/mol. The van der Waals surface area contributed by atoms with Crippen molar-refractivity contribution in [1.82, 2.24) is 10.3 Å². The maximum atomic E-state index is 12.3. The van der Waals surface area contributed by atoms with Crippen molar-refractivity contribution in [3.8, 4) is 0 Å². The van der Waals surface area contributed by atoms with E-state index in [0.29, 0.717) is 24.2 Å². The number of aromatic amines is 1. The Hall–Kier alpha value is -2.86. The van der Waals surface area contributed by atoms with Gasteiger partial charge in [-0.2, -0.15) is 0 Å². The lowest BCUT2D eigenvalue weighted by atomic mass is 10.1. The number of H-pyrrole nitrogens is 1. The van der Waals surface area contributed by atoms with Gasteiger partial charge in [-0.25, -0.2) is 4.79 Å². The second-order valence-electron chi connectivity index (χ2n) is 6.69. The molecule has 0 aliphatic rings. The van der Waals surface area contributed by atoms with Gasteiger partial charge in [-0.3, -0.25) is 4.79 Å². The molecule has 2 aromatic heterocycles. The molecule has 1 aromatic carbocycles. The van der Waals surface area contributed by atoms with Gasteiger partial charge in [0.25, 0.3) is 5.91 Å². The molecule has 0 aliphatic heterocycles. The van der Waals surface area contributed by atoms with Gasteiger partial charge in [0.05, 0.1) is 6.10 Å². The van der Waals surface area contributed by atoms with Crippen LogP contribution in [0.15, 0.2) is 45.7 Å². The van der Waals surface area contributed by atoms with Crippen LogP contribution < -0.4 is 10.9 Å². The molecule has 1 unspecified atom stereocenters. The highest BCUT2D eigenvalue weighted by molar-refractivity contribution is 5.95. The summed E-state index contributed by atoms with van der Waals surface area (Å²) in [5, 5.41) is 13.3. The van der Waals surface area contributed by atoms with Gasteiger partial charge in [-0.15, -0.1) is 0 Å². The minimum absolute atomic E-state index is 0.00542. The molecule has 3 N–H and O–H groups in total. The SMILES string of the molecule is CCC(O)CNC(=O)c1c(C)cc(CCc2c[nH]c3ccccc23)oc1=O. The zero-order chi connectivity index (χ0) is 19.4. The number of aliphatic hydroxyl groups excluding tert-OH is 1. The Kier molecular flexibility index (Phi) is 5.76. The Morgan fingerprint density at radius 3 is 2.81 bits per heavy atom. The monoisotopic (exact) mass is 368 g/mol. The Labute approximate surface area is 157 Å². The lowest BCUT2D eigenvalue weighted by molar-refractivity contribution is 0.0909. The van der Waals surface area contributed by atoms with Gasteiger partial charge < -0.3 is 19.8 Å². The van der Waals surface area contributed by atoms with Crippen LogP contribution in [-0.2, 0) is 12.8 Å². The van der Waals surface area contributed by atoms with Gasteiger partial charge in [-0.05, 0) is 43.0 Å². The standard InChI is InChI=1S/C21H24N2O4/c1-3-15(24)12-23-20(25)19-13(2)10-16(27-21(19)26)9-8-14-11-22-18-7-5-4-6-17(14)18/h4-7,10-11,15,22,24H,3,8-9,12H2,1-2H3,(H,23,25). The molecule has 1 amide bonds. The summed E-state index contributed by atoms with van der Waals surface area (Å²) < 4.78 is 5.36. The number of para-hydroxylation sites is 1. The topological polar surface area (TPSA) is 95.3 Å². The van der Waals surface area contributed by atoms with E-state index in [9.17, 15) is 14.7 Å². The van der Waals surface area contributed by atoms with Crippen molar-refractivity contribution >= 4 is 16.8 Å². The Morgan fingerprint density at radius 1 is 1.30 bits per heavy atom. The number of benzene rings is 1. The van der Waals surface area contributed by atoms with Gasteiger partial charge in [0.1, 0.15) is 11.3 Å². The van der Waals surface area contributed by atoms with Crippen molar-refractivity contribution in [3.63, 3.8) is 0 Å². The van der Waals surface area contributed by atoms with Gasteiger partial charge in [0.2, 0.25) is 0 Å². The maximum absolute atomic E-state index is 12.3. The molecule has 0 spiro atoms. The molecule has 6 heteroatoms. The number of aliphatic hydroxyl groups is 1. The normalized spacial score (nSPS) is 12.3. The van der Waals surface area contributed by atoms with Crippen LogP contribution in [-0.4, -0.2) is 28.6 Å². The van der Waals surface area contributed by atoms with Crippen molar-refractivity contribution in [1.29, 1.82) is 0 Å². The van der Waals surface area contributed by atoms with Gasteiger partial charge in [0, 0.05) is 30.1 Å². The fourth-order valence-electron chi connectivity index (χ4n) is 3.11. The van der Waals surface area contributed by atoms with Crippen molar-refractivity contribution < 1.29 is 14.3 Å². The number of carbonyl (C=O) groups is 1. The summed E-state index contributed by atoms with van der Waals surface area (Å²) in [7, 11) is 0. The van der Waals surface area contributed by atoms with E-state index in [4.69, 9.17) is 4.42 Å². The summed E-state index contributed by atoms with van der Waals surface area (Å²) >= 11 is 0. The molecule has 6 nitrogen and oxygen atoms in total. The summed E-state index contributed by atoms with van der Waals surface area (Å²) in [5.41, 5.74) is 2.15. The average Bonchev–Trinajstić information content (AvgIpc) is 3.07. The molecular weight excluding hydrogens is 344 g/mol. The molecule has 0 radical (unpaired) electrons. The highest BCUT2D eigenvalue weighted by Crippen LogP contribution is 2.19. The van der Waals surface area contributed by atoms with Crippen LogP contribution in [0.25, 0.3) is 10.9 Å². The lowest BCUT2D eigenvalue weighted by Crippen LogP contribution is -2.35. The highest BCUT2D eigenvalue weighted by Gasteiger charge is 2.17. The maximum Gasteiger partial charge on any atom is 0.349 e. The molecule has 0 bridgehead atoms. The van der Waals surface area contributed by atoms with E-state index < -0.39 is 17.6 Å². The zero-order valence-electron chi connectivity index (χ0n) is 15.5. The number of aryl methyl sites for hydroxylation is 3. The Balaban J connectivity index is 1.72. The van der Waals surface area contributed by atoms with E-state index in [1.807, 2.05) is 31.3 Å². The van der Waals surface area contributed by atoms with E-state index >= 15 is 0 Å². The van der Waals surface area contributed by atoms with Crippen LogP contribution in [0.1, 0.15) is 40.6 Å². The molecule has 1 atom stereocenters. The van der Waals surface area contributed by atoms with Crippen LogP contribution >= 0.6 is 0 Å². The third-order valence-electron chi connectivity index (χ3n) is 4.71. The van der Waals surface area contributed by atoms with Crippen LogP contribution in [0, 0.1) is 6.92 Å². The van der Waals surface area contributed by atoms with Gasteiger partial charge >= 0.3 is 5.63 Å². The zero-order valence-corrected chi connectivity index (χ0v) is 15.5. The number of amides is 1. The molecule has 3 rings (SSSR count). The second-order valence-corrected chi connectivity index (χ2v) is 6.69. The number of hydrogen-bond donors (Lipinski definition) is 3. The van der Waals surface area contributed by atoms with Crippen molar-refractivity contribution in [2.24, 2.45) is 0 Å². The smallest absolute Gasteiger partial charge is 0.349 e. The predicted molar refractivity (Wildman–Crippen MR) is 104 cm³/mol. The minimum Gasteiger partial charge on any atom is -0.427 e. The van der Waals surface area contributed by atoms with Crippen molar-refractivity contribution in [2.75, 3.05) is 6.54 Å².